The average molecular weight is 130 g/mol. The smallest absolute Gasteiger partial charge is 0.0113 e. The molecule has 0 fully saturated rings. The number of allylic oxidation sites excluding steroid dienone is 1. The van der Waals surface area contributed by atoms with E-state index in [-0.39, 0.29) is 0 Å². The van der Waals surface area contributed by atoms with Crippen LogP contribution in [0.4, 0.5) is 0 Å². The highest BCUT2D eigenvalue weighted by Crippen LogP contribution is 2.00. The maximum absolute atomic E-state index is 2.21. The van der Waals surface area contributed by atoms with Crippen LogP contribution in [-0.2, 0) is 0 Å². The Morgan fingerprint density at radius 2 is 2.25 bits per heavy atom. The van der Waals surface area contributed by atoms with Gasteiger partial charge in [0, 0.05) is 5.75 Å². The summed E-state index contributed by atoms with van der Waals surface area (Å²) in [6.45, 7) is 4.27. The highest BCUT2D eigenvalue weighted by Gasteiger charge is 1.78. The Bertz CT molecular complexity index is 57.4. The first-order chi connectivity index (χ1) is 3.91. The van der Waals surface area contributed by atoms with Crippen LogP contribution in [0, 0.1) is 0 Å². The summed E-state index contributed by atoms with van der Waals surface area (Å²) in [4.78, 5) is 0. The van der Waals surface area contributed by atoms with Gasteiger partial charge in [-0.15, -0.1) is 0 Å². The zero-order valence-electron chi connectivity index (χ0n) is 5.68. The molecule has 1 heteroatoms. The molecule has 8 heavy (non-hydrogen) atoms. The lowest BCUT2D eigenvalue weighted by Crippen LogP contribution is -1.74. The molecule has 0 spiro atoms. The van der Waals surface area contributed by atoms with Crippen molar-refractivity contribution in [3.8, 4) is 0 Å². The molecule has 0 aromatic heterocycles. The lowest BCUT2D eigenvalue weighted by Gasteiger charge is -1.89. The predicted octanol–water partition coefficient (Wildman–Crippen LogP) is 2.71. The number of hydrogen-bond acceptors (Lipinski definition) is 1. The molecule has 0 amide bonds. The van der Waals surface area contributed by atoms with Crippen molar-refractivity contribution in [2.75, 3.05) is 11.5 Å². The van der Waals surface area contributed by atoms with Crippen LogP contribution >= 0.6 is 11.8 Å². The summed E-state index contributed by atoms with van der Waals surface area (Å²) in [5, 5.41) is 0. The normalized spacial score (nSPS) is 10.8. The van der Waals surface area contributed by atoms with Crippen molar-refractivity contribution in [2.24, 2.45) is 0 Å². The van der Waals surface area contributed by atoms with Crippen LogP contribution in [-0.4, -0.2) is 11.5 Å². The van der Waals surface area contributed by atoms with Crippen molar-refractivity contribution < 1.29 is 0 Å². The van der Waals surface area contributed by atoms with E-state index in [1.807, 2.05) is 11.8 Å². The molecule has 0 heterocycles. The SMILES string of the molecule is C/C=C/CSCCC. The molecule has 0 bridgehead atoms. The third kappa shape index (κ3) is 6.09. The fourth-order valence-electron chi connectivity index (χ4n) is 0.392. The minimum Gasteiger partial charge on any atom is -0.158 e. The second-order valence-corrected chi connectivity index (χ2v) is 2.79. The first-order valence-electron chi connectivity index (χ1n) is 3.10. The van der Waals surface area contributed by atoms with Crippen LogP contribution in [0.15, 0.2) is 12.2 Å². The predicted molar refractivity (Wildman–Crippen MR) is 42.4 cm³/mol. The second kappa shape index (κ2) is 7.09. The summed E-state index contributed by atoms with van der Waals surface area (Å²) in [7, 11) is 0. The largest absolute Gasteiger partial charge is 0.158 e. The Hall–Kier alpha value is 0.0900. The van der Waals surface area contributed by atoms with Crippen LogP contribution in [0.25, 0.3) is 0 Å². The Morgan fingerprint density at radius 3 is 2.75 bits per heavy atom. The lowest BCUT2D eigenvalue weighted by molar-refractivity contribution is 1.11. The zero-order valence-corrected chi connectivity index (χ0v) is 6.50. The average Bonchev–Trinajstić information content (AvgIpc) is 1.81. The zero-order chi connectivity index (χ0) is 6.24. The summed E-state index contributed by atoms with van der Waals surface area (Å²) in [6, 6.07) is 0. The summed E-state index contributed by atoms with van der Waals surface area (Å²) >= 11 is 1.99. The van der Waals surface area contributed by atoms with E-state index in [0.29, 0.717) is 0 Å². The fourth-order valence-corrected chi connectivity index (χ4v) is 1.18. The van der Waals surface area contributed by atoms with E-state index in [9.17, 15) is 0 Å². The van der Waals surface area contributed by atoms with Gasteiger partial charge in [0.15, 0.2) is 0 Å². The molecule has 48 valence electrons. The first kappa shape index (κ1) is 8.09. The first-order valence-corrected chi connectivity index (χ1v) is 4.26. The van der Waals surface area contributed by atoms with Gasteiger partial charge in [-0.3, -0.25) is 0 Å². The van der Waals surface area contributed by atoms with E-state index in [0.717, 1.165) is 0 Å². The summed E-state index contributed by atoms with van der Waals surface area (Å²) < 4.78 is 0. The molecule has 0 aliphatic heterocycles. The molecule has 0 rings (SSSR count). The lowest BCUT2D eigenvalue weighted by atomic mass is 10.6. The van der Waals surface area contributed by atoms with E-state index in [4.69, 9.17) is 0 Å². The quantitative estimate of drug-likeness (QED) is 0.416. The van der Waals surface area contributed by atoms with Crippen LogP contribution in [0.3, 0.4) is 0 Å². The number of hydrogen-bond donors (Lipinski definition) is 0. The van der Waals surface area contributed by atoms with Gasteiger partial charge in [0.1, 0.15) is 0 Å². The van der Waals surface area contributed by atoms with Gasteiger partial charge in [-0.2, -0.15) is 11.8 Å². The third-order valence-corrected chi connectivity index (χ3v) is 1.92. The van der Waals surface area contributed by atoms with Crippen molar-refractivity contribution >= 4 is 11.8 Å². The van der Waals surface area contributed by atoms with Gasteiger partial charge in [0.2, 0.25) is 0 Å². The van der Waals surface area contributed by atoms with Gasteiger partial charge in [-0.1, -0.05) is 19.1 Å². The van der Waals surface area contributed by atoms with E-state index in [1.165, 1.54) is 17.9 Å². The van der Waals surface area contributed by atoms with Crippen LogP contribution in [0.2, 0.25) is 0 Å². The maximum Gasteiger partial charge on any atom is 0.0113 e. The Balaban J connectivity index is 2.72. The van der Waals surface area contributed by atoms with E-state index in [2.05, 4.69) is 26.0 Å². The van der Waals surface area contributed by atoms with E-state index >= 15 is 0 Å². The molecule has 0 aliphatic carbocycles. The molecule has 0 aromatic rings. The molecule has 0 saturated carbocycles. The van der Waals surface area contributed by atoms with Gasteiger partial charge >= 0.3 is 0 Å². The van der Waals surface area contributed by atoms with Crippen molar-refractivity contribution in [1.82, 2.24) is 0 Å². The number of rotatable bonds is 4. The maximum atomic E-state index is 2.21. The second-order valence-electron chi connectivity index (χ2n) is 1.64. The molecule has 0 aromatic carbocycles. The number of thioether (sulfide) groups is 1. The standard InChI is InChI=1S/C7H14S/c1-3-5-7-8-6-4-2/h3,5H,4,6-7H2,1-2H3/b5-3+. The summed E-state index contributed by atoms with van der Waals surface area (Å²) in [5.41, 5.74) is 0. The fraction of sp³-hybridized carbons (Fsp3) is 0.714. The monoisotopic (exact) mass is 130 g/mol. The highest BCUT2D eigenvalue weighted by atomic mass is 32.2. The van der Waals surface area contributed by atoms with Crippen molar-refractivity contribution in [1.29, 1.82) is 0 Å². The molecular weight excluding hydrogens is 116 g/mol. The topological polar surface area (TPSA) is 0 Å². The molecule has 0 saturated heterocycles. The molecule has 0 atom stereocenters. The third-order valence-electron chi connectivity index (χ3n) is 0.798. The van der Waals surface area contributed by atoms with Gasteiger partial charge in [-0.05, 0) is 19.1 Å². The van der Waals surface area contributed by atoms with Gasteiger partial charge in [0.25, 0.3) is 0 Å². The molecular formula is C7H14S. The molecule has 0 unspecified atom stereocenters. The minimum atomic E-state index is 1.18. The van der Waals surface area contributed by atoms with E-state index in [1.54, 1.807) is 0 Å². The minimum absolute atomic E-state index is 1.18. The van der Waals surface area contributed by atoms with Crippen molar-refractivity contribution in [3.63, 3.8) is 0 Å². The highest BCUT2D eigenvalue weighted by molar-refractivity contribution is 7.99. The molecule has 0 aliphatic rings. The van der Waals surface area contributed by atoms with Crippen LogP contribution in [0.5, 0.6) is 0 Å². The van der Waals surface area contributed by atoms with Crippen LogP contribution < -0.4 is 0 Å². The van der Waals surface area contributed by atoms with Crippen molar-refractivity contribution in [2.45, 2.75) is 20.3 Å². The summed E-state index contributed by atoms with van der Waals surface area (Å²) in [6.07, 6.45) is 5.59. The molecule has 0 N–H and O–H groups in total. The molecule has 0 nitrogen and oxygen atoms in total. The molecule has 0 radical (unpaired) electrons. The van der Waals surface area contributed by atoms with Gasteiger partial charge in [-0.25, -0.2) is 0 Å². The van der Waals surface area contributed by atoms with Gasteiger partial charge in [0.05, 0.1) is 0 Å². The van der Waals surface area contributed by atoms with Crippen LogP contribution in [0.1, 0.15) is 20.3 Å². The van der Waals surface area contributed by atoms with Gasteiger partial charge < -0.3 is 0 Å². The Labute approximate surface area is 56.4 Å². The Morgan fingerprint density at radius 1 is 1.50 bits per heavy atom. The Kier molecular flexibility index (Phi) is 7.17. The van der Waals surface area contributed by atoms with E-state index < -0.39 is 0 Å². The van der Waals surface area contributed by atoms with Crippen molar-refractivity contribution in [3.05, 3.63) is 12.2 Å². The summed E-state index contributed by atoms with van der Waals surface area (Å²) in [5.74, 6) is 2.48.